The highest BCUT2D eigenvalue weighted by Crippen LogP contribution is 2.27. The SMILES string of the molecule is COc1ccc(N2C[C@H](C(=O)NCc3ccccc3OC(C)C)CC2=O)cc1. The van der Waals surface area contributed by atoms with Gasteiger partial charge in [-0.3, -0.25) is 9.59 Å². The van der Waals surface area contributed by atoms with Gasteiger partial charge in [0.2, 0.25) is 11.8 Å². The fourth-order valence-electron chi connectivity index (χ4n) is 3.24. The maximum absolute atomic E-state index is 12.6. The maximum atomic E-state index is 12.6. The monoisotopic (exact) mass is 382 g/mol. The third-order valence-corrected chi connectivity index (χ3v) is 4.67. The molecule has 1 heterocycles. The number of hydrogen-bond acceptors (Lipinski definition) is 4. The zero-order chi connectivity index (χ0) is 20.1. The van der Waals surface area contributed by atoms with Crippen molar-refractivity contribution in [1.82, 2.24) is 5.32 Å². The molecular weight excluding hydrogens is 356 g/mol. The second-order valence-corrected chi connectivity index (χ2v) is 7.10. The number of carbonyl (C=O) groups is 2. The Morgan fingerprint density at radius 1 is 1.18 bits per heavy atom. The number of ether oxygens (including phenoxy) is 2. The number of anilines is 1. The first-order valence-electron chi connectivity index (χ1n) is 9.44. The zero-order valence-electron chi connectivity index (χ0n) is 16.5. The van der Waals surface area contributed by atoms with Crippen LogP contribution in [0.1, 0.15) is 25.8 Å². The van der Waals surface area contributed by atoms with Gasteiger partial charge in [0.25, 0.3) is 0 Å². The van der Waals surface area contributed by atoms with Crippen LogP contribution in [-0.4, -0.2) is 31.6 Å². The lowest BCUT2D eigenvalue weighted by atomic mass is 10.1. The van der Waals surface area contributed by atoms with Gasteiger partial charge in [0, 0.05) is 30.8 Å². The van der Waals surface area contributed by atoms with Crippen LogP contribution in [0.3, 0.4) is 0 Å². The molecule has 3 rings (SSSR count). The minimum atomic E-state index is -0.368. The van der Waals surface area contributed by atoms with E-state index in [1.165, 1.54) is 0 Å². The van der Waals surface area contributed by atoms with Crippen molar-refractivity contribution >= 4 is 17.5 Å². The number of rotatable bonds is 7. The van der Waals surface area contributed by atoms with Gasteiger partial charge in [-0.2, -0.15) is 0 Å². The topological polar surface area (TPSA) is 67.9 Å². The summed E-state index contributed by atoms with van der Waals surface area (Å²) < 4.78 is 10.9. The number of benzene rings is 2. The zero-order valence-corrected chi connectivity index (χ0v) is 16.5. The van der Waals surface area contributed by atoms with Gasteiger partial charge in [-0.15, -0.1) is 0 Å². The Morgan fingerprint density at radius 2 is 1.89 bits per heavy atom. The summed E-state index contributed by atoms with van der Waals surface area (Å²) in [6.45, 7) is 4.68. The Morgan fingerprint density at radius 3 is 2.57 bits per heavy atom. The smallest absolute Gasteiger partial charge is 0.227 e. The Hall–Kier alpha value is -3.02. The quantitative estimate of drug-likeness (QED) is 0.799. The molecule has 2 aromatic carbocycles. The van der Waals surface area contributed by atoms with Crippen molar-refractivity contribution in [3.05, 3.63) is 54.1 Å². The standard InChI is InChI=1S/C22H26N2O4/c1-15(2)28-20-7-5-4-6-16(20)13-23-22(26)17-12-21(25)24(14-17)18-8-10-19(27-3)11-9-18/h4-11,15,17H,12-14H2,1-3H3,(H,23,26)/t17-/m1/s1. The van der Waals surface area contributed by atoms with E-state index in [1.54, 1.807) is 12.0 Å². The van der Waals surface area contributed by atoms with Crippen LogP contribution >= 0.6 is 0 Å². The van der Waals surface area contributed by atoms with Crippen molar-refractivity contribution in [2.45, 2.75) is 32.9 Å². The minimum Gasteiger partial charge on any atom is -0.497 e. The van der Waals surface area contributed by atoms with E-state index in [2.05, 4.69) is 5.32 Å². The van der Waals surface area contributed by atoms with Gasteiger partial charge in [-0.1, -0.05) is 18.2 Å². The summed E-state index contributed by atoms with van der Waals surface area (Å²) in [6.07, 6.45) is 0.268. The molecule has 1 aliphatic heterocycles. The Bertz CT molecular complexity index is 833. The predicted octanol–water partition coefficient (Wildman–Crippen LogP) is 3.15. The van der Waals surface area contributed by atoms with E-state index < -0.39 is 0 Å². The normalized spacial score (nSPS) is 16.4. The second kappa shape index (κ2) is 8.78. The molecule has 0 bridgehead atoms. The molecule has 1 saturated heterocycles. The molecular formula is C22H26N2O4. The molecule has 0 unspecified atom stereocenters. The fourth-order valence-corrected chi connectivity index (χ4v) is 3.24. The van der Waals surface area contributed by atoms with Gasteiger partial charge >= 0.3 is 0 Å². The van der Waals surface area contributed by atoms with Crippen LogP contribution in [0.2, 0.25) is 0 Å². The molecule has 0 aromatic heterocycles. The molecule has 1 fully saturated rings. The first-order chi connectivity index (χ1) is 13.5. The van der Waals surface area contributed by atoms with Crippen LogP contribution in [0.15, 0.2) is 48.5 Å². The summed E-state index contributed by atoms with van der Waals surface area (Å²) in [5.41, 5.74) is 1.69. The molecule has 2 aromatic rings. The number of nitrogens with one attached hydrogen (secondary N) is 1. The van der Waals surface area contributed by atoms with Crippen molar-refractivity contribution in [3.8, 4) is 11.5 Å². The van der Waals surface area contributed by atoms with E-state index in [9.17, 15) is 9.59 Å². The fraction of sp³-hybridized carbons (Fsp3) is 0.364. The van der Waals surface area contributed by atoms with E-state index in [0.717, 1.165) is 22.7 Å². The van der Waals surface area contributed by atoms with Crippen LogP contribution < -0.4 is 19.7 Å². The molecule has 148 valence electrons. The van der Waals surface area contributed by atoms with Crippen molar-refractivity contribution in [1.29, 1.82) is 0 Å². The number of methoxy groups -OCH3 is 1. The van der Waals surface area contributed by atoms with Crippen molar-refractivity contribution in [3.63, 3.8) is 0 Å². The van der Waals surface area contributed by atoms with Gasteiger partial charge in [0.15, 0.2) is 0 Å². The molecule has 1 atom stereocenters. The average Bonchev–Trinajstić information content (AvgIpc) is 3.08. The summed E-state index contributed by atoms with van der Waals surface area (Å²) in [6, 6.07) is 14.9. The van der Waals surface area contributed by atoms with E-state index in [1.807, 2.05) is 62.4 Å². The molecule has 1 aliphatic rings. The Balaban J connectivity index is 1.60. The van der Waals surface area contributed by atoms with Gasteiger partial charge in [-0.05, 0) is 44.2 Å². The summed E-state index contributed by atoms with van der Waals surface area (Å²) >= 11 is 0. The van der Waals surface area contributed by atoms with Gasteiger partial charge in [0.05, 0.1) is 19.1 Å². The molecule has 1 N–H and O–H groups in total. The largest absolute Gasteiger partial charge is 0.497 e. The molecule has 6 heteroatoms. The maximum Gasteiger partial charge on any atom is 0.227 e. The molecule has 0 saturated carbocycles. The molecule has 6 nitrogen and oxygen atoms in total. The van der Waals surface area contributed by atoms with Crippen molar-refractivity contribution < 1.29 is 19.1 Å². The molecule has 0 radical (unpaired) electrons. The van der Waals surface area contributed by atoms with Crippen LogP contribution in [0.4, 0.5) is 5.69 Å². The third kappa shape index (κ3) is 4.63. The minimum absolute atomic E-state index is 0.0474. The second-order valence-electron chi connectivity index (χ2n) is 7.10. The van der Waals surface area contributed by atoms with Crippen molar-refractivity contribution in [2.75, 3.05) is 18.6 Å². The van der Waals surface area contributed by atoms with Crippen molar-refractivity contribution in [2.24, 2.45) is 5.92 Å². The van der Waals surface area contributed by atoms with E-state index >= 15 is 0 Å². The van der Waals surface area contributed by atoms with E-state index in [4.69, 9.17) is 9.47 Å². The summed E-state index contributed by atoms with van der Waals surface area (Å²) in [5.74, 6) is 0.956. The molecule has 28 heavy (non-hydrogen) atoms. The third-order valence-electron chi connectivity index (χ3n) is 4.67. The van der Waals surface area contributed by atoms with Crippen LogP contribution in [0, 0.1) is 5.92 Å². The average molecular weight is 382 g/mol. The predicted molar refractivity (Wildman–Crippen MR) is 108 cm³/mol. The molecule has 2 amide bonds. The molecule has 0 spiro atoms. The number of carbonyl (C=O) groups excluding carboxylic acids is 2. The Kier molecular flexibility index (Phi) is 6.19. The Labute approximate surface area is 165 Å². The summed E-state index contributed by atoms with van der Waals surface area (Å²) in [7, 11) is 1.60. The lowest BCUT2D eigenvalue weighted by Crippen LogP contribution is -2.32. The van der Waals surface area contributed by atoms with Gasteiger partial charge in [0.1, 0.15) is 11.5 Å². The lowest BCUT2D eigenvalue weighted by Gasteiger charge is -2.18. The number of nitrogens with zero attached hydrogens (tertiary/aromatic N) is 1. The van der Waals surface area contributed by atoms with Gasteiger partial charge < -0.3 is 19.7 Å². The van der Waals surface area contributed by atoms with Crippen LogP contribution in [-0.2, 0) is 16.1 Å². The van der Waals surface area contributed by atoms with Crippen LogP contribution in [0.25, 0.3) is 0 Å². The van der Waals surface area contributed by atoms with Crippen LogP contribution in [0.5, 0.6) is 11.5 Å². The first-order valence-corrected chi connectivity index (χ1v) is 9.44. The number of amides is 2. The number of hydrogen-bond donors (Lipinski definition) is 1. The molecule has 0 aliphatic carbocycles. The van der Waals surface area contributed by atoms with E-state index in [0.29, 0.717) is 13.1 Å². The number of para-hydroxylation sites is 1. The highest BCUT2D eigenvalue weighted by Gasteiger charge is 2.35. The van der Waals surface area contributed by atoms with E-state index in [-0.39, 0.29) is 30.3 Å². The van der Waals surface area contributed by atoms with Gasteiger partial charge in [-0.25, -0.2) is 0 Å². The highest BCUT2D eigenvalue weighted by molar-refractivity contribution is 6.00. The lowest BCUT2D eigenvalue weighted by molar-refractivity contribution is -0.126. The first kappa shape index (κ1) is 19.7. The summed E-state index contributed by atoms with van der Waals surface area (Å²) in [5, 5.41) is 2.95. The summed E-state index contributed by atoms with van der Waals surface area (Å²) in [4.78, 5) is 26.7. The highest BCUT2D eigenvalue weighted by atomic mass is 16.5.